The molecule has 3 atom stereocenters. The first-order valence-electron chi connectivity index (χ1n) is 7.08. The lowest BCUT2D eigenvalue weighted by Crippen LogP contribution is -2.64. The third-order valence-corrected chi connectivity index (χ3v) is 4.58. The summed E-state index contributed by atoms with van der Waals surface area (Å²) < 4.78 is 0. The van der Waals surface area contributed by atoms with Crippen molar-refractivity contribution >= 4 is 11.8 Å². The molecule has 1 saturated heterocycles. The zero-order chi connectivity index (χ0) is 14.5. The van der Waals surface area contributed by atoms with Crippen LogP contribution in [0.3, 0.4) is 0 Å². The van der Waals surface area contributed by atoms with Gasteiger partial charge >= 0.3 is 0 Å². The van der Waals surface area contributed by atoms with Crippen molar-refractivity contribution in [2.45, 2.75) is 44.8 Å². The van der Waals surface area contributed by atoms with Crippen molar-refractivity contribution in [1.82, 2.24) is 4.90 Å². The summed E-state index contributed by atoms with van der Waals surface area (Å²) in [6.45, 7) is 3.97. The molecule has 1 saturated carbocycles. The minimum Gasteiger partial charge on any atom is -0.383 e. The quantitative estimate of drug-likeness (QED) is 0.835. The highest BCUT2D eigenvalue weighted by molar-refractivity contribution is 6.02. The fourth-order valence-electron chi connectivity index (χ4n) is 3.54. The van der Waals surface area contributed by atoms with Gasteiger partial charge in [-0.1, -0.05) is 36.8 Å². The van der Waals surface area contributed by atoms with Gasteiger partial charge in [0.05, 0.1) is 6.04 Å². The van der Waals surface area contributed by atoms with Gasteiger partial charge in [-0.05, 0) is 24.8 Å². The summed E-state index contributed by atoms with van der Waals surface area (Å²) in [5.74, 6) is -0.179. The van der Waals surface area contributed by atoms with E-state index in [0.717, 1.165) is 11.1 Å². The Labute approximate surface area is 118 Å². The fourth-order valence-corrected chi connectivity index (χ4v) is 3.54. The number of carbonyl (C=O) groups is 2. The van der Waals surface area contributed by atoms with Crippen LogP contribution in [0, 0.1) is 12.8 Å². The van der Waals surface area contributed by atoms with Crippen molar-refractivity contribution in [1.29, 1.82) is 0 Å². The van der Waals surface area contributed by atoms with Crippen LogP contribution in [0.2, 0.25) is 0 Å². The van der Waals surface area contributed by atoms with Crippen LogP contribution < -0.4 is 0 Å². The van der Waals surface area contributed by atoms with Gasteiger partial charge in [-0.15, -0.1) is 0 Å². The minimum absolute atomic E-state index is 0.132. The number of likely N-dealkylation sites (tertiary alicyclic amines) is 1. The second-order valence-electron chi connectivity index (χ2n) is 6.07. The molecule has 0 aromatic heterocycles. The van der Waals surface area contributed by atoms with Gasteiger partial charge in [0.1, 0.15) is 5.60 Å². The molecule has 2 amide bonds. The molecular weight excluding hydrogens is 254 g/mol. The Hall–Kier alpha value is -1.68. The molecule has 0 bridgehead atoms. The lowest BCUT2D eigenvalue weighted by atomic mass is 9.63. The molecule has 1 heterocycles. The number of hydrogen-bond acceptors (Lipinski definition) is 3. The predicted molar refractivity (Wildman–Crippen MR) is 73.7 cm³/mol. The SMILES string of the molecule is Cc1ccc([C@@]2(O)C[C@@H](C)[C@@H]2N2C(=O)CCC2=O)cc1. The number of aliphatic hydroxyl groups is 1. The molecule has 20 heavy (non-hydrogen) atoms. The van der Waals surface area contributed by atoms with E-state index in [-0.39, 0.29) is 30.6 Å². The Morgan fingerprint density at radius 3 is 2.20 bits per heavy atom. The maximum atomic E-state index is 11.9. The molecule has 0 unspecified atom stereocenters. The van der Waals surface area contributed by atoms with Crippen molar-refractivity contribution < 1.29 is 14.7 Å². The van der Waals surface area contributed by atoms with E-state index in [2.05, 4.69) is 0 Å². The van der Waals surface area contributed by atoms with E-state index in [1.165, 1.54) is 4.90 Å². The molecule has 4 heteroatoms. The lowest BCUT2D eigenvalue weighted by Gasteiger charge is -2.53. The Morgan fingerprint density at radius 2 is 1.70 bits per heavy atom. The van der Waals surface area contributed by atoms with Crippen LogP contribution >= 0.6 is 0 Å². The molecule has 1 aliphatic heterocycles. The first-order chi connectivity index (χ1) is 9.43. The van der Waals surface area contributed by atoms with Crippen molar-refractivity contribution in [2.75, 3.05) is 0 Å². The van der Waals surface area contributed by atoms with E-state index >= 15 is 0 Å². The van der Waals surface area contributed by atoms with Gasteiger partial charge in [0.25, 0.3) is 0 Å². The van der Waals surface area contributed by atoms with Gasteiger partial charge in [-0.25, -0.2) is 0 Å². The molecule has 3 rings (SSSR count). The number of hydrogen-bond donors (Lipinski definition) is 1. The average Bonchev–Trinajstić information content (AvgIpc) is 2.71. The Kier molecular flexibility index (Phi) is 2.94. The average molecular weight is 273 g/mol. The van der Waals surface area contributed by atoms with E-state index in [1.807, 2.05) is 38.1 Å². The fraction of sp³-hybridized carbons (Fsp3) is 0.500. The molecule has 1 N–H and O–H groups in total. The second-order valence-corrected chi connectivity index (χ2v) is 6.07. The van der Waals surface area contributed by atoms with Crippen LogP contribution in [-0.2, 0) is 15.2 Å². The normalized spacial score (nSPS) is 33.5. The topological polar surface area (TPSA) is 57.6 Å². The van der Waals surface area contributed by atoms with E-state index in [9.17, 15) is 14.7 Å². The number of imide groups is 1. The van der Waals surface area contributed by atoms with Crippen LogP contribution in [0.15, 0.2) is 24.3 Å². The minimum atomic E-state index is -1.09. The van der Waals surface area contributed by atoms with E-state index in [0.29, 0.717) is 6.42 Å². The molecule has 0 radical (unpaired) electrons. The van der Waals surface area contributed by atoms with E-state index < -0.39 is 11.6 Å². The summed E-state index contributed by atoms with van der Waals surface area (Å²) in [7, 11) is 0. The molecule has 2 aliphatic rings. The van der Waals surface area contributed by atoms with Crippen LogP contribution in [0.5, 0.6) is 0 Å². The molecule has 4 nitrogen and oxygen atoms in total. The van der Waals surface area contributed by atoms with E-state index in [1.54, 1.807) is 0 Å². The first kappa shape index (κ1) is 13.3. The van der Waals surface area contributed by atoms with Crippen molar-refractivity contribution in [3.63, 3.8) is 0 Å². The second kappa shape index (κ2) is 4.42. The zero-order valence-electron chi connectivity index (χ0n) is 11.8. The van der Waals surface area contributed by atoms with Crippen LogP contribution in [0.4, 0.5) is 0 Å². The summed E-state index contributed by atoms with van der Waals surface area (Å²) in [6.07, 6.45) is 1.12. The summed E-state index contributed by atoms with van der Waals surface area (Å²) in [5.41, 5.74) is 0.816. The largest absolute Gasteiger partial charge is 0.383 e. The lowest BCUT2D eigenvalue weighted by molar-refractivity contribution is -0.177. The maximum Gasteiger partial charge on any atom is 0.230 e. The highest BCUT2D eigenvalue weighted by Gasteiger charge is 2.58. The smallest absolute Gasteiger partial charge is 0.230 e. The Bertz CT molecular complexity index is 550. The molecule has 106 valence electrons. The molecule has 1 aliphatic carbocycles. The van der Waals surface area contributed by atoms with Gasteiger partial charge in [-0.3, -0.25) is 14.5 Å². The van der Waals surface area contributed by atoms with Gasteiger partial charge < -0.3 is 5.11 Å². The Balaban J connectivity index is 1.95. The molecule has 1 aromatic rings. The monoisotopic (exact) mass is 273 g/mol. The number of amides is 2. The van der Waals surface area contributed by atoms with E-state index in [4.69, 9.17) is 0 Å². The Morgan fingerprint density at radius 1 is 1.15 bits per heavy atom. The number of carbonyl (C=O) groups excluding carboxylic acids is 2. The highest BCUT2D eigenvalue weighted by Crippen LogP contribution is 2.49. The molecule has 2 fully saturated rings. The molecular formula is C16H19NO3. The number of rotatable bonds is 2. The maximum absolute atomic E-state index is 11.9. The third-order valence-electron chi connectivity index (χ3n) is 4.58. The first-order valence-corrected chi connectivity index (χ1v) is 7.08. The number of aryl methyl sites for hydroxylation is 1. The summed E-state index contributed by atoms with van der Waals surface area (Å²) in [5, 5.41) is 11.0. The molecule has 1 aromatic carbocycles. The van der Waals surface area contributed by atoms with Crippen LogP contribution in [0.25, 0.3) is 0 Å². The zero-order valence-corrected chi connectivity index (χ0v) is 11.8. The summed E-state index contributed by atoms with van der Waals surface area (Å²) >= 11 is 0. The highest BCUT2D eigenvalue weighted by atomic mass is 16.3. The summed E-state index contributed by atoms with van der Waals surface area (Å²) in [6, 6.07) is 7.24. The molecule has 0 spiro atoms. The van der Waals surface area contributed by atoms with Gasteiger partial charge in [-0.2, -0.15) is 0 Å². The van der Waals surface area contributed by atoms with Crippen molar-refractivity contribution in [3.8, 4) is 0 Å². The third kappa shape index (κ3) is 1.79. The number of benzene rings is 1. The van der Waals surface area contributed by atoms with Gasteiger partial charge in [0.2, 0.25) is 11.8 Å². The number of nitrogens with zero attached hydrogens (tertiary/aromatic N) is 1. The van der Waals surface area contributed by atoms with Gasteiger partial charge in [0, 0.05) is 12.8 Å². The van der Waals surface area contributed by atoms with Gasteiger partial charge in [0.15, 0.2) is 0 Å². The summed E-state index contributed by atoms with van der Waals surface area (Å²) in [4.78, 5) is 25.2. The van der Waals surface area contributed by atoms with Crippen LogP contribution in [-0.4, -0.2) is 27.9 Å². The van der Waals surface area contributed by atoms with Crippen molar-refractivity contribution in [2.24, 2.45) is 5.92 Å². The van der Waals surface area contributed by atoms with Crippen molar-refractivity contribution in [3.05, 3.63) is 35.4 Å². The predicted octanol–water partition coefficient (Wildman–Crippen LogP) is 1.74. The van der Waals surface area contributed by atoms with Crippen LogP contribution in [0.1, 0.15) is 37.3 Å². The standard InChI is InChI=1S/C16H19NO3/c1-10-3-5-12(6-4-10)16(20)9-11(2)15(16)17-13(18)7-8-14(17)19/h3-6,11,15,20H,7-9H2,1-2H3/t11-,15+,16+/m1/s1.